The van der Waals surface area contributed by atoms with Crippen LogP contribution in [0.3, 0.4) is 0 Å². The number of hydrogen-bond donors (Lipinski definition) is 1. The molecule has 2 heterocycles. The van der Waals surface area contributed by atoms with Gasteiger partial charge in [0.2, 0.25) is 0 Å². The number of ether oxygens (including phenoxy) is 2. The summed E-state index contributed by atoms with van der Waals surface area (Å²) < 4.78 is 11.8. The summed E-state index contributed by atoms with van der Waals surface area (Å²) in [5.41, 5.74) is 3.88. The van der Waals surface area contributed by atoms with Crippen LogP contribution in [0.5, 0.6) is 11.5 Å². The van der Waals surface area contributed by atoms with Gasteiger partial charge in [0.25, 0.3) is 5.78 Å². The molecule has 0 aliphatic carbocycles. The fraction of sp³-hybridized carbons (Fsp3) is 0.207. The Kier molecular flexibility index (Phi) is 6.43. The molecular weight excluding hydrogens is 488 g/mol. The van der Waals surface area contributed by atoms with Gasteiger partial charge >= 0.3 is 5.91 Å². The SMILES string of the molecule is CCOc1ccc(C2/C(=C(\O)c3cccc(OC)c3)C(=O)C(=O)N2c2nc3c(C)cc(C)cc3s2)cc1. The summed E-state index contributed by atoms with van der Waals surface area (Å²) in [5, 5.41) is 11.8. The Bertz CT molecular complexity index is 1550. The Morgan fingerprint density at radius 2 is 1.81 bits per heavy atom. The van der Waals surface area contributed by atoms with E-state index in [1.807, 2.05) is 32.9 Å². The van der Waals surface area contributed by atoms with Crippen LogP contribution in [-0.4, -0.2) is 35.5 Å². The topological polar surface area (TPSA) is 89.0 Å². The smallest absolute Gasteiger partial charge is 0.301 e. The third-order valence-electron chi connectivity index (χ3n) is 6.32. The maximum absolute atomic E-state index is 13.5. The van der Waals surface area contributed by atoms with Gasteiger partial charge in [0.1, 0.15) is 17.3 Å². The minimum Gasteiger partial charge on any atom is -0.507 e. The van der Waals surface area contributed by atoms with Crippen molar-refractivity contribution < 1.29 is 24.2 Å². The number of nitrogens with zero attached hydrogens (tertiary/aromatic N) is 2. The molecule has 0 spiro atoms. The summed E-state index contributed by atoms with van der Waals surface area (Å²) in [4.78, 5) is 33.1. The largest absolute Gasteiger partial charge is 0.507 e. The first-order valence-corrected chi connectivity index (χ1v) is 12.7. The van der Waals surface area contributed by atoms with Crippen LogP contribution >= 0.6 is 11.3 Å². The molecule has 4 aromatic rings. The van der Waals surface area contributed by atoms with Crippen LogP contribution in [0, 0.1) is 13.8 Å². The number of fused-ring (bicyclic) bond motifs is 1. The number of amides is 1. The minimum absolute atomic E-state index is 0.00503. The van der Waals surface area contributed by atoms with Crippen LogP contribution in [0.4, 0.5) is 5.13 Å². The number of anilines is 1. The van der Waals surface area contributed by atoms with Crippen molar-refractivity contribution in [2.75, 3.05) is 18.6 Å². The van der Waals surface area contributed by atoms with Crippen molar-refractivity contribution in [3.8, 4) is 11.5 Å². The van der Waals surface area contributed by atoms with E-state index in [0.717, 1.165) is 21.3 Å². The average Bonchev–Trinajstić information content (AvgIpc) is 3.43. The lowest BCUT2D eigenvalue weighted by Crippen LogP contribution is -2.29. The van der Waals surface area contributed by atoms with E-state index in [0.29, 0.717) is 34.4 Å². The molecule has 1 fully saturated rings. The predicted molar refractivity (Wildman–Crippen MR) is 144 cm³/mol. The van der Waals surface area contributed by atoms with Crippen LogP contribution in [0.25, 0.3) is 16.0 Å². The van der Waals surface area contributed by atoms with Crippen LogP contribution in [0.15, 0.2) is 66.2 Å². The van der Waals surface area contributed by atoms with Crippen molar-refractivity contribution in [3.63, 3.8) is 0 Å². The van der Waals surface area contributed by atoms with Crippen LogP contribution in [0.2, 0.25) is 0 Å². The zero-order chi connectivity index (χ0) is 26.3. The Morgan fingerprint density at radius 3 is 2.51 bits per heavy atom. The molecule has 1 amide bonds. The highest BCUT2D eigenvalue weighted by Crippen LogP contribution is 2.45. The standard InChI is InChI=1S/C29H26N2O5S/c1-5-36-20-11-9-18(10-12-20)25-23(26(32)19-7-6-8-21(15-19)35-4)27(33)28(34)31(25)29-30-24-17(3)13-16(2)14-22(24)37-29/h6-15,25,32H,5H2,1-4H3/b26-23+. The fourth-order valence-corrected chi connectivity index (χ4v) is 5.81. The molecule has 1 aromatic heterocycles. The molecular formula is C29H26N2O5S. The summed E-state index contributed by atoms with van der Waals surface area (Å²) in [6.07, 6.45) is 0. The molecule has 3 aromatic carbocycles. The van der Waals surface area contributed by atoms with Crippen LogP contribution < -0.4 is 14.4 Å². The molecule has 8 heteroatoms. The Balaban J connectivity index is 1.72. The molecule has 1 aliphatic rings. The zero-order valence-electron chi connectivity index (χ0n) is 20.9. The van der Waals surface area contributed by atoms with E-state index in [-0.39, 0.29) is 11.3 Å². The van der Waals surface area contributed by atoms with Crippen molar-refractivity contribution in [1.29, 1.82) is 0 Å². The fourth-order valence-electron chi connectivity index (χ4n) is 4.65. The van der Waals surface area contributed by atoms with Gasteiger partial charge in [-0.05, 0) is 67.8 Å². The monoisotopic (exact) mass is 514 g/mol. The first-order valence-electron chi connectivity index (χ1n) is 11.9. The van der Waals surface area contributed by atoms with E-state index < -0.39 is 17.7 Å². The van der Waals surface area contributed by atoms with E-state index >= 15 is 0 Å². The minimum atomic E-state index is -0.871. The normalized spacial score (nSPS) is 17.0. The summed E-state index contributed by atoms with van der Waals surface area (Å²) in [6.45, 7) is 6.39. The molecule has 0 bridgehead atoms. The van der Waals surface area contributed by atoms with Gasteiger partial charge in [-0.1, -0.05) is 41.7 Å². The molecule has 0 saturated carbocycles. The molecule has 1 N–H and O–H groups in total. The molecule has 1 aliphatic heterocycles. The number of thiazole rings is 1. The summed E-state index contributed by atoms with van der Waals surface area (Å²) >= 11 is 1.35. The molecule has 5 rings (SSSR count). The number of aryl methyl sites for hydroxylation is 2. The first kappa shape index (κ1) is 24.5. The Labute approximate surface area is 218 Å². The number of Topliss-reactive ketones (excluding diaryl/α,β-unsaturated/α-hetero) is 1. The van der Waals surface area contributed by atoms with Crippen molar-refractivity contribution in [3.05, 3.63) is 88.5 Å². The number of carbonyl (C=O) groups is 2. The number of carbonyl (C=O) groups excluding carboxylic acids is 2. The number of aliphatic hydroxyl groups excluding tert-OH is 1. The first-order chi connectivity index (χ1) is 17.8. The second kappa shape index (κ2) is 9.71. The van der Waals surface area contributed by atoms with Crippen molar-refractivity contribution in [2.24, 2.45) is 0 Å². The number of ketones is 1. The number of rotatable bonds is 6. The van der Waals surface area contributed by atoms with Gasteiger partial charge in [-0.3, -0.25) is 14.5 Å². The average molecular weight is 515 g/mol. The highest BCUT2D eigenvalue weighted by Gasteiger charge is 2.48. The van der Waals surface area contributed by atoms with Crippen LogP contribution in [0.1, 0.15) is 35.2 Å². The lowest BCUT2D eigenvalue weighted by Gasteiger charge is -2.23. The molecule has 1 unspecified atom stereocenters. The lowest BCUT2D eigenvalue weighted by atomic mass is 9.95. The van der Waals surface area contributed by atoms with Crippen molar-refractivity contribution in [1.82, 2.24) is 4.98 Å². The third-order valence-corrected chi connectivity index (χ3v) is 7.32. The highest BCUT2D eigenvalue weighted by atomic mass is 32.1. The van der Waals surface area contributed by atoms with E-state index in [4.69, 9.17) is 14.5 Å². The van der Waals surface area contributed by atoms with E-state index in [9.17, 15) is 14.7 Å². The highest BCUT2D eigenvalue weighted by molar-refractivity contribution is 7.22. The second-order valence-corrected chi connectivity index (χ2v) is 9.84. The quantitative estimate of drug-likeness (QED) is 0.194. The molecule has 0 radical (unpaired) electrons. The van der Waals surface area contributed by atoms with Gasteiger partial charge in [0.15, 0.2) is 5.13 Å². The number of benzene rings is 3. The predicted octanol–water partition coefficient (Wildman–Crippen LogP) is 5.95. The van der Waals surface area contributed by atoms with Crippen LogP contribution in [-0.2, 0) is 9.59 Å². The van der Waals surface area contributed by atoms with E-state index in [1.54, 1.807) is 48.5 Å². The molecule has 1 saturated heterocycles. The van der Waals surface area contributed by atoms with E-state index in [2.05, 4.69) is 0 Å². The maximum Gasteiger partial charge on any atom is 0.301 e. The third kappa shape index (κ3) is 4.34. The summed E-state index contributed by atoms with van der Waals surface area (Å²) in [5.74, 6) is -0.593. The van der Waals surface area contributed by atoms with Gasteiger partial charge in [0, 0.05) is 5.56 Å². The van der Waals surface area contributed by atoms with E-state index in [1.165, 1.54) is 23.3 Å². The Morgan fingerprint density at radius 1 is 1.05 bits per heavy atom. The van der Waals surface area contributed by atoms with Crippen molar-refractivity contribution >= 4 is 44.1 Å². The summed E-state index contributed by atoms with van der Waals surface area (Å²) in [6, 6.07) is 17.1. The number of aliphatic hydroxyl groups is 1. The zero-order valence-corrected chi connectivity index (χ0v) is 21.8. The van der Waals surface area contributed by atoms with Gasteiger partial charge in [0.05, 0.1) is 35.5 Å². The number of aromatic nitrogens is 1. The number of hydrogen-bond acceptors (Lipinski definition) is 7. The molecule has 7 nitrogen and oxygen atoms in total. The Hall–Kier alpha value is -4.17. The summed E-state index contributed by atoms with van der Waals surface area (Å²) in [7, 11) is 1.52. The number of methoxy groups -OCH3 is 1. The molecule has 188 valence electrons. The van der Waals surface area contributed by atoms with Gasteiger partial charge < -0.3 is 14.6 Å². The lowest BCUT2D eigenvalue weighted by molar-refractivity contribution is -0.132. The van der Waals surface area contributed by atoms with Gasteiger partial charge in [-0.25, -0.2) is 4.98 Å². The van der Waals surface area contributed by atoms with Crippen molar-refractivity contribution in [2.45, 2.75) is 26.8 Å². The second-order valence-electron chi connectivity index (χ2n) is 8.83. The molecule has 1 atom stereocenters. The van der Waals surface area contributed by atoms with Gasteiger partial charge in [-0.15, -0.1) is 0 Å². The molecule has 37 heavy (non-hydrogen) atoms. The maximum atomic E-state index is 13.5. The van der Waals surface area contributed by atoms with Gasteiger partial charge in [-0.2, -0.15) is 0 Å².